The number of carbonyl (C=O) groups is 5. The van der Waals surface area contributed by atoms with E-state index in [9.17, 15) is 24.0 Å². The number of ketones is 3. The molecule has 1 aromatic heterocycles. The van der Waals surface area contributed by atoms with E-state index in [-0.39, 0.29) is 65.2 Å². The molecule has 5 rings (SSSR count). The summed E-state index contributed by atoms with van der Waals surface area (Å²) in [6.07, 6.45) is 4.46. The lowest BCUT2D eigenvalue weighted by atomic mass is 10.0. The van der Waals surface area contributed by atoms with E-state index in [4.69, 9.17) is 28.5 Å². The minimum atomic E-state index is -0.992. The van der Waals surface area contributed by atoms with E-state index in [1.807, 2.05) is 140 Å². The molecule has 1 N–H and O–H groups in total. The number of furan rings is 1. The van der Waals surface area contributed by atoms with Crippen molar-refractivity contribution < 1.29 is 52.4 Å². The summed E-state index contributed by atoms with van der Waals surface area (Å²) in [5, 5.41) is 8.89. The van der Waals surface area contributed by atoms with Crippen LogP contribution < -0.4 is 0 Å². The molecule has 0 radical (unpaired) electrons. The number of allylic oxidation sites excluding steroid dienone is 1. The Labute approximate surface area is 387 Å². The molecule has 5 aromatic rings. The average Bonchev–Trinajstić information content (AvgIpc) is 3.71. The predicted octanol–water partition coefficient (Wildman–Crippen LogP) is 11.4. The number of ether oxygens (including phenoxy) is 4. The van der Waals surface area contributed by atoms with Gasteiger partial charge in [-0.2, -0.15) is 0 Å². The van der Waals surface area contributed by atoms with Gasteiger partial charge in [0.2, 0.25) is 0 Å². The molecule has 0 aliphatic carbocycles. The molecular weight excluding hydrogens is 825 g/mol. The zero-order valence-electron chi connectivity index (χ0n) is 36.2. The van der Waals surface area contributed by atoms with Crippen LogP contribution in [0.1, 0.15) is 95.6 Å². The lowest BCUT2D eigenvalue weighted by Gasteiger charge is -2.13. The van der Waals surface area contributed by atoms with Crippen molar-refractivity contribution >= 4 is 29.6 Å². The van der Waals surface area contributed by atoms with Crippen molar-refractivity contribution in [1.82, 2.24) is 0 Å². The lowest BCUT2D eigenvalue weighted by molar-refractivity contribution is -0.146. The molecule has 2 unspecified atom stereocenters. The molecule has 0 spiro atoms. The Morgan fingerprint density at radius 3 is 1.31 bits per heavy atom. The summed E-state index contributed by atoms with van der Waals surface area (Å²) < 4.78 is 27.0. The normalized spacial score (nSPS) is 10.8. The van der Waals surface area contributed by atoms with Crippen LogP contribution in [0.5, 0.6) is 0 Å². The fourth-order valence-electron chi connectivity index (χ4n) is 5.44. The molecule has 0 bridgehead atoms. The molecule has 0 aliphatic heterocycles. The van der Waals surface area contributed by atoms with Crippen LogP contribution in [0.3, 0.4) is 0 Å². The number of benzene rings is 4. The molecule has 0 saturated heterocycles. The summed E-state index contributed by atoms with van der Waals surface area (Å²) in [7, 11) is 0. The SMILES string of the molecule is C.C.C.CC(=O)/C=C/COCc1ccccc1.CC(=O)CC(COCc1ccccc1)C(=O)O.CC(=O)CC(COCc1ccccc1)c1ccc(C)o1.O=CCOCc1ccccc1. The molecule has 2 atom stereocenters. The number of hydrogen-bond donors (Lipinski definition) is 1. The first-order valence-electron chi connectivity index (χ1n) is 20.3. The summed E-state index contributed by atoms with van der Waals surface area (Å²) in [5.41, 5.74) is 4.35. The van der Waals surface area contributed by atoms with Crippen molar-refractivity contribution in [2.75, 3.05) is 26.4 Å². The van der Waals surface area contributed by atoms with Gasteiger partial charge in [-0.05, 0) is 68.2 Å². The molecule has 1 heterocycles. The first kappa shape index (κ1) is 61.0. The minimum Gasteiger partial charge on any atom is -0.481 e. The van der Waals surface area contributed by atoms with Gasteiger partial charge in [0.05, 0.1) is 52.2 Å². The summed E-state index contributed by atoms with van der Waals surface area (Å²) in [5.74, 6) is -0.0156. The van der Waals surface area contributed by atoms with Crippen molar-refractivity contribution in [1.29, 1.82) is 0 Å². The average molecular weight is 897 g/mol. The maximum absolute atomic E-state index is 11.4. The summed E-state index contributed by atoms with van der Waals surface area (Å²) in [4.78, 5) is 53.5. The Morgan fingerprint density at radius 1 is 0.554 bits per heavy atom. The maximum Gasteiger partial charge on any atom is 0.309 e. The first-order chi connectivity index (χ1) is 30.0. The number of aldehydes is 1. The zero-order chi connectivity index (χ0) is 45.2. The summed E-state index contributed by atoms with van der Waals surface area (Å²) in [6, 6.07) is 43.0. The quantitative estimate of drug-likeness (QED) is 0.0378. The van der Waals surface area contributed by atoms with Gasteiger partial charge in [0.1, 0.15) is 36.0 Å². The number of carboxylic acids is 1. The summed E-state index contributed by atoms with van der Waals surface area (Å²) >= 11 is 0. The second-order valence-corrected chi connectivity index (χ2v) is 14.2. The van der Waals surface area contributed by atoms with Crippen LogP contribution in [0, 0.1) is 12.8 Å². The molecule has 354 valence electrons. The van der Waals surface area contributed by atoms with Crippen molar-refractivity contribution in [3.63, 3.8) is 0 Å². The second-order valence-electron chi connectivity index (χ2n) is 14.2. The largest absolute Gasteiger partial charge is 0.481 e. The van der Waals surface area contributed by atoms with Crippen LogP contribution in [0.25, 0.3) is 0 Å². The van der Waals surface area contributed by atoms with Crippen LogP contribution in [0.15, 0.2) is 150 Å². The van der Waals surface area contributed by atoms with Gasteiger partial charge >= 0.3 is 5.97 Å². The Bertz CT molecular complexity index is 1990. The molecule has 0 fully saturated rings. The minimum absolute atomic E-state index is 0. The third-order valence-corrected chi connectivity index (χ3v) is 8.42. The standard InChI is InChI=1S/C17H20O3.C13H16O4.C12H14O2.C9H10O2.3CH4/c1-13(18)10-16(17-9-8-14(2)20-17)12-19-11-15-6-4-3-5-7-15;1-10(14)7-12(13(15)16)9-17-8-11-5-3-2-4-6-11;1-11(13)6-5-9-14-10-12-7-3-2-4-8-12;10-6-7-11-8-9-4-2-1-3-5-9;;;/h3-9,16H,10-12H2,1-2H3;2-6,12H,7-9H2,1H3,(H,15,16);2-8H,9-10H2,1H3;1-6H,7-8H2;3*1H4/b;;6-5+;;;;. The number of hydrogen-bond acceptors (Lipinski definition) is 10. The third-order valence-electron chi connectivity index (χ3n) is 8.42. The van der Waals surface area contributed by atoms with Crippen LogP contribution >= 0.6 is 0 Å². The highest BCUT2D eigenvalue weighted by Gasteiger charge is 2.20. The van der Waals surface area contributed by atoms with Gasteiger partial charge < -0.3 is 42.9 Å². The van der Waals surface area contributed by atoms with Crippen LogP contribution in [0.2, 0.25) is 0 Å². The van der Waals surface area contributed by atoms with Crippen molar-refractivity contribution in [2.24, 2.45) is 5.92 Å². The predicted molar refractivity (Wildman–Crippen MR) is 258 cm³/mol. The zero-order valence-corrected chi connectivity index (χ0v) is 36.2. The fraction of sp³-hybridized carbons (Fsp3) is 0.352. The number of rotatable bonds is 23. The van der Waals surface area contributed by atoms with Gasteiger partial charge in [-0.15, -0.1) is 0 Å². The van der Waals surface area contributed by atoms with Gasteiger partial charge in [0, 0.05) is 18.8 Å². The van der Waals surface area contributed by atoms with Crippen molar-refractivity contribution in [3.8, 4) is 0 Å². The maximum atomic E-state index is 11.4. The lowest BCUT2D eigenvalue weighted by Crippen LogP contribution is -2.22. The van der Waals surface area contributed by atoms with E-state index < -0.39 is 11.9 Å². The molecule has 4 aromatic carbocycles. The van der Waals surface area contributed by atoms with E-state index in [2.05, 4.69) is 0 Å². The molecule has 65 heavy (non-hydrogen) atoms. The van der Waals surface area contributed by atoms with Gasteiger partial charge in [-0.1, -0.05) is 150 Å². The Morgan fingerprint density at radius 2 is 0.954 bits per heavy atom. The van der Waals surface area contributed by atoms with Gasteiger partial charge in [-0.3, -0.25) is 9.59 Å². The van der Waals surface area contributed by atoms with E-state index in [0.717, 1.165) is 40.1 Å². The number of aliphatic carboxylic acids is 1. The van der Waals surface area contributed by atoms with Gasteiger partial charge in [0.15, 0.2) is 5.78 Å². The highest BCUT2D eigenvalue weighted by molar-refractivity contribution is 5.87. The van der Waals surface area contributed by atoms with Crippen molar-refractivity contribution in [2.45, 2.75) is 95.2 Å². The monoisotopic (exact) mass is 897 g/mol. The summed E-state index contributed by atoms with van der Waals surface area (Å²) in [6.45, 7) is 9.62. The molecule has 0 saturated carbocycles. The molecular formula is C54H72O11. The second kappa shape index (κ2) is 38.4. The van der Waals surface area contributed by atoms with E-state index in [0.29, 0.717) is 46.1 Å². The molecule has 0 amide bonds. The topological polar surface area (TPSA) is 156 Å². The van der Waals surface area contributed by atoms with Gasteiger partial charge in [0.25, 0.3) is 0 Å². The number of carboxylic acid groups (broad SMARTS) is 1. The van der Waals surface area contributed by atoms with E-state index in [1.54, 1.807) is 13.0 Å². The fourth-order valence-corrected chi connectivity index (χ4v) is 5.44. The Balaban J connectivity index is 0. The first-order valence-corrected chi connectivity index (χ1v) is 20.3. The molecule has 11 nitrogen and oxygen atoms in total. The Kier molecular flexibility index (Phi) is 36.0. The van der Waals surface area contributed by atoms with Crippen molar-refractivity contribution in [3.05, 3.63) is 179 Å². The number of carbonyl (C=O) groups excluding carboxylic acids is 4. The highest BCUT2D eigenvalue weighted by Crippen LogP contribution is 2.23. The van der Waals surface area contributed by atoms with Crippen LogP contribution in [-0.2, 0) is 69.3 Å². The van der Waals surface area contributed by atoms with Crippen LogP contribution in [0.4, 0.5) is 0 Å². The van der Waals surface area contributed by atoms with Crippen LogP contribution in [-0.4, -0.2) is 61.1 Å². The van der Waals surface area contributed by atoms with E-state index in [1.165, 1.54) is 19.9 Å². The molecule has 11 heteroatoms. The smallest absolute Gasteiger partial charge is 0.309 e. The number of Topliss-reactive ketones (excluding diaryl/α,β-unsaturated/α-hetero) is 2. The third kappa shape index (κ3) is 31.4. The number of aryl methyl sites for hydroxylation is 1. The highest BCUT2D eigenvalue weighted by atomic mass is 16.5. The molecule has 0 aliphatic rings. The van der Waals surface area contributed by atoms with E-state index >= 15 is 0 Å². The van der Waals surface area contributed by atoms with Gasteiger partial charge in [-0.25, -0.2) is 0 Å². The Hall–Kier alpha value is -6.11.